The van der Waals surface area contributed by atoms with Crippen molar-refractivity contribution < 1.29 is 38.9 Å². The second kappa shape index (κ2) is 5.79. The molecule has 1 aliphatic heterocycles. The summed E-state index contributed by atoms with van der Waals surface area (Å²) in [5, 5.41) is 17.9. The molecule has 0 radical (unpaired) electrons. The Balaban J connectivity index is 3.04. The second-order valence-electron chi connectivity index (χ2n) is 4.14. The quantitative estimate of drug-likeness (QED) is 0.511. The molecular weight excluding hydrogens is 267 g/mol. The maximum atomic E-state index is 11.2. The largest absolute Gasteiger partial charge is 0.481 e. The number of carbonyl (C=O) groups is 2. The molecule has 8 nitrogen and oxygen atoms in total. The molecule has 1 saturated heterocycles. The van der Waals surface area contributed by atoms with Crippen LogP contribution in [0.15, 0.2) is 0 Å². The Bertz CT molecular complexity index is 369. The number of aliphatic carboxylic acids is 2. The van der Waals surface area contributed by atoms with E-state index in [0.717, 1.165) is 6.42 Å². The second-order valence-corrected chi connectivity index (χ2v) is 5.88. The first kappa shape index (κ1) is 15.1. The first-order chi connectivity index (χ1) is 8.25. The fourth-order valence-corrected chi connectivity index (χ4v) is 3.08. The van der Waals surface area contributed by atoms with E-state index in [4.69, 9.17) is 24.7 Å². The number of hydrogen-bond acceptors (Lipinski definition) is 4. The molecule has 104 valence electrons. The number of ether oxygens (including phenoxy) is 1. The zero-order chi connectivity index (χ0) is 13.9. The molecule has 9 heteroatoms. The lowest BCUT2D eigenvalue weighted by atomic mass is 9.92. The van der Waals surface area contributed by atoms with Crippen LogP contribution in [-0.4, -0.2) is 50.3 Å². The summed E-state index contributed by atoms with van der Waals surface area (Å²) in [5.41, 5.74) is -2.28. The van der Waals surface area contributed by atoms with Crippen LogP contribution in [0.4, 0.5) is 0 Å². The molecule has 1 rings (SSSR count). The smallest absolute Gasteiger partial charge is 0.340 e. The molecule has 0 saturated carbocycles. The van der Waals surface area contributed by atoms with E-state index in [1.165, 1.54) is 0 Å². The van der Waals surface area contributed by atoms with Gasteiger partial charge in [0.2, 0.25) is 0 Å². The number of rotatable bonds is 5. The summed E-state index contributed by atoms with van der Waals surface area (Å²) in [7, 11) is -5.07. The first-order valence-corrected chi connectivity index (χ1v) is 7.05. The van der Waals surface area contributed by atoms with E-state index < -0.39 is 37.2 Å². The molecule has 4 N–H and O–H groups in total. The summed E-state index contributed by atoms with van der Waals surface area (Å²) < 4.78 is 16.3. The summed E-state index contributed by atoms with van der Waals surface area (Å²) in [6.45, 7) is 0.266. The van der Waals surface area contributed by atoms with Gasteiger partial charge in [-0.1, -0.05) is 0 Å². The average Bonchev–Trinajstić information content (AvgIpc) is 2.24. The number of carboxylic acids is 2. The Morgan fingerprint density at radius 2 is 1.78 bits per heavy atom. The van der Waals surface area contributed by atoms with E-state index in [1.54, 1.807) is 0 Å². The van der Waals surface area contributed by atoms with Gasteiger partial charge in [-0.05, 0) is 19.3 Å². The maximum Gasteiger partial charge on any atom is 0.340 e. The Hall–Kier alpha value is -0.950. The summed E-state index contributed by atoms with van der Waals surface area (Å²) in [5.74, 6) is -5.15. The van der Waals surface area contributed by atoms with Crippen LogP contribution in [0.25, 0.3) is 0 Å². The zero-order valence-corrected chi connectivity index (χ0v) is 10.3. The van der Waals surface area contributed by atoms with Crippen LogP contribution in [0, 0.1) is 5.92 Å². The molecule has 1 heterocycles. The minimum absolute atomic E-state index is 0.266. The molecule has 0 aliphatic carbocycles. The molecule has 18 heavy (non-hydrogen) atoms. The third-order valence-electron chi connectivity index (χ3n) is 2.86. The van der Waals surface area contributed by atoms with Crippen LogP contribution >= 0.6 is 7.60 Å². The highest BCUT2D eigenvalue weighted by Gasteiger charge is 2.50. The molecular formula is C9H15O8P. The normalized spacial score (nSPS) is 24.2. The third-order valence-corrected chi connectivity index (χ3v) is 4.12. The van der Waals surface area contributed by atoms with Gasteiger partial charge in [0.1, 0.15) is 5.92 Å². The van der Waals surface area contributed by atoms with Gasteiger partial charge in [-0.15, -0.1) is 0 Å². The molecule has 3 unspecified atom stereocenters. The Morgan fingerprint density at radius 1 is 1.17 bits per heavy atom. The predicted molar refractivity (Wildman–Crippen MR) is 58.2 cm³/mol. The van der Waals surface area contributed by atoms with Crippen LogP contribution in [-0.2, 0) is 18.9 Å². The van der Waals surface area contributed by atoms with Crippen molar-refractivity contribution in [3.8, 4) is 0 Å². The fraction of sp³-hybridized carbons (Fsp3) is 0.778. The van der Waals surface area contributed by atoms with Gasteiger partial charge in [-0.3, -0.25) is 14.2 Å². The lowest BCUT2D eigenvalue weighted by Gasteiger charge is -2.31. The van der Waals surface area contributed by atoms with Crippen LogP contribution in [0.1, 0.15) is 19.3 Å². The average molecular weight is 282 g/mol. The van der Waals surface area contributed by atoms with Gasteiger partial charge >= 0.3 is 19.5 Å². The van der Waals surface area contributed by atoms with Crippen LogP contribution in [0.2, 0.25) is 0 Å². The monoisotopic (exact) mass is 282 g/mol. The van der Waals surface area contributed by atoms with E-state index in [9.17, 15) is 14.2 Å². The van der Waals surface area contributed by atoms with Crippen LogP contribution < -0.4 is 0 Å². The molecule has 1 fully saturated rings. The highest BCUT2D eigenvalue weighted by Crippen LogP contribution is 2.47. The van der Waals surface area contributed by atoms with E-state index in [1.807, 2.05) is 0 Å². The minimum Gasteiger partial charge on any atom is -0.481 e. The summed E-state index contributed by atoms with van der Waals surface area (Å²) in [4.78, 5) is 40.0. The van der Waals surface area contributed by atoms with Crippen LogP contribution in [0.3, 0.4) is 0 Å². The standard InChI is InChI=1S/C9H15O8P/c10-8(11)6(5-3-1-2-4-17-5)7(9(12)13)18(14,15)16/h5-7H,1-4H2,(H,10,11)(H,12,13)(H2,14,15,16). The number of hydrogen-bond donors (Lipinski definition) is 4. The Labute approximate surface area is 103 Å². The maximum absolute atomic E-state index is 11.2. The molecule has 0 amide bonds. The van der Waals surface area contributed by atoms with E-state index in [-0.39, 0.29) is 13.0 Å². The van der Waals surface area contributed by atoms with Gasteiger partial charge in [0.05, 0.1) is 6.10 Å². The Kier molecular flexibility index (Phi) is 4.86. The van der Waals surface area contributed by atoms with Crippen molar-refractivity contribution >= 4 is 19.5 Å². The fourth-order valence-electron chi connectivity index (χ4n) is 2.05. The van der Waals surface area contributed by atoms with Gasteiger partial charge in [-0.25, -0.2) is 0 Å². The summed E-state index contributed by atoms with van der Waals surface area (Å²) >= 11 is 0. The van der Waals surface area contributed by atoms with Gasteiger partial charge in [-0.2, -0.15) is 0 Å². The highest BCUT2D eigenvalue weighted by atomic mass is 31.2. The van der Waals surface area contributed by atoms with Gasteiger partial charge in [0.25, 0.3) is 0 Å². The van der Waals surface area contributed by atoms with Crippen LogP contribution in [0.5, 0.6) is 0 Å². The van der Waals surface area contributed by atoms with Crippen molar-refractivity contribution in [2.24, 2.45) is 5.92 Å². The minimum atomic E-state index is -5.07. The van der Waals surface area contributed by atoms with E-state index >= 15 is 0 Å². The molecule has 0 aromatic heterocycles. The van der Waals surface area contributed by atoms with E-state index in [2.05, 4.69) is 0 Å². The zero-order valence-electron chi connectivity index (χ0n) is 9.43. The summed E-state index contributed by atoms with van der Waals surface area (Å²) in [6.07, 6.45) is 0.657. The molecule has 3 atom stereocenters. The van der Waals surface area contributed by atoms with Crippen molar-refractivity contribution in [3.05, 3.63) is 0 Å². The van der Waals surface area contributed by atoms with Crippen molar-refractivity contribution in [2.75, 3.05) is 6.61 Å². The van der Waals surface area contributed by atoms with Crippen molar-refractivity contribution in [1.82, 2.24) is 0 Å². The van der Waals surface area contributed by atoms with Gasteiger partial charge < -0.3 is 24.7 Å². The predicted octanol–water partition coefficient (Wildman–Crippen LogP) is -0.113. The molecule has 0 aromatic rings. The van der Waals surface area contributed by atoms with Crippen molar-refractivity contribution in [3.63, 3.8) is 0 Å². The van der Waals surface area contributed by atoms with Gasteiger partial charge in [0.15, 0.2) is 5.66 Å². The summed E-state index contributed by atoms with van der Waals surface area (Å²) in [6, 6.07) is 0. The lowest BCUT2D eigenvalue weighted by Crippen LogP contribution is -2.44. The SMILES string of the molecule is O=C(O)C(C1CCCCO1)C(C(=O)O)P(=O)(O)O. The highest BCUT2D eigenvalue weighted by molar-refractivity contribution is 7.53. The molecule has 0 spiro atoms. The third kappa shape index (κ3) is 3.52. The topological polar surface area (TPSA) is 141 Å². The van der Waals surface area contributed by atoms with Gasteiger partial charge in [0, 0.05) is 6.61 Å². The Morgan fingerprint density at radius 3 is 2.11 bits per heavy atom. The van der Waals surface area contributed by atoms with Crippen molar-refractivity contribution in [2.45, 2.75) is 31.0 Å². The number of carboxylic acid groups (broad SMARTS) is 2. The molecule has 1 aliphatic rings. The van der Waals surface area contributed by atoms with Crippen molar-refractivity contribution in [1.29, 1.82) is 0 Å². The van der Waals surface area contributed by atoms with E-state index in [0.29, 0.717) is 6.42 Å². The first-order valence-electron chi connectivity index (χ1n) is 5.37. The lowest BCUT2D eigenvalue weighted by molar-refractivity contribution is -0.155. The molecule has 0 aromatic carbocycles. The molecule has 0 bridgehead atoms.